The van der Waals surface area contributed by atoms with Gasteiger partial charge in [0.05, 0.1) is 11.3 Å². The van der Waals surface area contributed by atoms with E-state index in [4.69, 9.17) is 5.73 Å². The molecule has 3 N–H and O–H groups in total. The van der Waals surface area contributed by atoms with Crippen molar-refractivity contribution in [2.75, 3.05) is 12.0 Å². The third kappa shape index (κ3) is 2.52. The van der Waals surface area contributed by atoms with Gasteiger partial charge in [0.25, 0.3) is 0 Å². The van der Waals surface area contributed by atoms with Crippen LogP contribution in [0, 0.1) is 5.82 Å². The maximum atomic E-state index is 13.5. The van der Waals surface area contributed by atoms with Crippen molar-refractivity contribution in [2.24, 2.45) is 0 Å². The number of thioether (sulfide) groups is 1. The van der Waals surface area contributed by atoms with Crippen molar-refractivity contribution >= 4 is 17.6 Å². The van der Waals surface area contributed by atoms with Crippen molar-refractivity contribution in [3.8, 4) is 22.4 Å². The van der Waals surface area contributed by atoms with E-state index in [2.05, 4.69) is 10.2 Å². The third-order valence-electron chi connectivity index (χ3n) is 3.28. The summed E-state index contributed by atoms with van der Waals surface area (Å²) in [7, 11) is 0. The van der Waals surface area contributed by atoms with E-state index >= 15 is 0 Å². The van der Waals surface area contributed by atoms with Crippen LogP contribution >= 0.6 is 11.8 Å². The molecule has 0 spiro atoms. The fourth-order valence-corrected chi connectivity index (χ4v) is 2.94. The van der Waals surface area contributed by atoms with E-state index in [1.807, 2.05) is 36.6 Å². The number of anilines is 1. The van der Waals surface area contributed by atoms with E-state index in [0.29, 0.717) is 11.4 Å². The predicted octanol–water partition coefficient (Wildman–Crippen LogP) is 4.19. The van der Waals surface area contributed by atoms with Crippen molar-refractivity contribution in [1.82, 2.24) is 10.2 Å². The minimum absolute atomic E-state index is 0.294. The number of halogens is 1. The number of nitrogen functional groups attached to an aromatic ring is 1. The maximum absolute atomic E-state index is 13.5. The van der Waals surface area contributed by atoms with Gasteiger partial charge in [-0.2, -0.15) is 5.10 Å². The van der Waals surface area contributed by atoms with Gasteiger partial charge in [0.15, 0.2) is 5.82 Å². The highest BCUT2D eigenvalue weighted by molar-refractivity contribution is 7.98. The summed E-state index contributed by atoms with van der Waals surface area (Å²) in [5.74, 6) is 0.0729. The number of hydrogen-bond donors (Lipinski definition) is 2. The number of aromatic amines is 1. The topological polar surface area (TPSA) is 54.7 Å². The summed E-state index contributed by atoms with van der Waals surface area (Å²) in [6.45, 7) is 0. The summed E-state index contributed by atoms with van der Waals surface area (Å²) in [6, 6.07) is 14.4. The molecule has 2 aromatic carbocycles. The number of nitrogens with one attached hydrogen (secondary N) is 1. The lowest BCUT2D eigenvalue weighted by Crippen LogP contribution is -1.90. The molecule has 21 heavy (non-hydrogen) atoms. The summed E-state index contributed by atoms with van der Waals surface area (Å²) in [4.78, 5) is 1.11. The summed E-state index contributed by atoms with van der Waals surface area (Å²) in [6.07, 6.45) is 2.01. The fourth-order valence-electron chi connectivity index (χ4n) is 2.34. The lowest BCUT2D eigenvalue weighted by atomic mass is 10.0. The van der Waals surface area contributed by atoms with Crippen LogP contribution in [0.3, 0.4) is 0 Å². The number of hydrogen-bond acceptors (Lipinski definition) is 3. The summed E-state index contributed by atoms with van der Waals surface area (Å²) in [5, 5.41) is 7.07. The first-order valence-electron chi connectivity index (χ1n) is 6.44. The molecule has 0 bridgehead atoms. The lowest BCUT2D eigenvalue weighted by Gasteiger charge is -2.08. The summed E-state index contributed by atoms with van der Waals surface area (Å²) < 4.78 is 13.5. The molecule has 1 heterocycles. The van der Waals surface area contributed by atoms with Crippen molar-refractivity contribution in [3.05, 3.63) is 54.3 Å². The van der Waals surface area contributed by atoms with Crippen LogP contribution in [-0.2, 0) is 0 Å². The number of nitrogens with two attached hydrogens (primary N) is 1. The monoisotopic (exact) mass is 299 g/mol. The van der Waals surface area contributed by atoms with Crippen LogP contribution in [0.4, 0.5) is 10.2 Å². The van der Waals surface area contributed by atoms with Crippen LogP contribution < -0.4 is 5.73 Å². The number of nitrogens with zero attached hydrogens (tertiary/aromatic N) is 1. The van der Waals surface area contributed by atoms with Crippen LogP contribution in [0.25, 0.3) is 22.4 Å². The average molecular weight is 299 g/mol. The molecule has 0 unspecified atom stereocenters. The average Bonchev–Trinajstić information content (AvgIpc) is 2.88. The van der Waals surface area contributed by atoms with Gasteiger partial charge in [-0.1, -0.05) is 30.3 Å². The van der Waals surface area contributed by atoms with Gasteiger partial charge in [-0.3, -0.25) is 5.10 Å². The van der Waals surface area contributed by atoms with Crippen molar-refractivity contribution in [2.45, 2.75) is 4.90 Å². The first-order valence-corrected chi connectivity index (χ1v) is 7.66. The Balaban J connectivity index is 2.22. The number of rotatable bonds is 3. The molecule has 3 aromatic rings. The van der Waals surface area contributed by atoms with Gasteiger partial charge in [-0.25, -0.2) is 4.39 Å². The van der Waals surface area contributed by atoms with E-state index < -0.39 is 0 Å². The van der Waals surface area contributed by atoms with Crippen LogP contribution in [0.5, 0.6) is 0 Å². The Morgan fingerprint density at radius 3 is 2.71 bits per heavy atom. The fraction of sp³-hybridized carbons (Fsp3) is 0.0625. The molecule has 0 fully saturated rings. The molecular weight excluding hydrogens is 285 g/mol. The number of benzene rings is 2. The van der Waals surface area contributed by atoms with Crippen LogP contribution in [0.1, 0.15) is 0 Å². The van der Waals surface area contributed by atoms with E-state index in [1.165, 1.54) is 12.1 Å². The second kappa shape index (κ2) is 5.61. The minimum atomic E-state index is -0.294. The lowest BCUT2D eigenvalue weighted by molar-refractivity contribution is 0.628. The predicted molar refractivity (Wildman–Crippen MR) is 85.6 cm³/mol. The Morgan fingerprint density at radius 2 is 1.95 bits per heavy atom. The van der Waals surface area contributed by atoms with Gasteiger partial charge >= 0.3 is 0 Å². The molecule has 0 radical (unpaired) electrons. The molecule has 0 amide bonds. The molecule has 106 valence electrons. The van der Waals surface area contributed by atoms with Crippen molar-refractivity contribution in [1.29, 1.82) is 0 Å². The Hall–Kier alpha value is -2.27. The molecule has 5 heteroatoms. The Labute approximate surface area is 126 Å². The van der Waals surface area contributed by atoms with Crippen molar-refractivity contribution < 1.29 is 4.39 Å². The first kappa shape index (κ1) is 13.7. The number of aromatic nitrogens is 2. The maximum Gasteiger partial charge on any atom is 0.153 e. The molecule has 0 aliphatic carbocycles. The molecule has 0 atom stereocenters. The molecule has 3 nitrogen and oxygen atoms in total. The Bertz CT molecular complexity index is 783. The smallest absolute Gasteiger partial charge is 0.153 e. The molecule has 0 saturated heterocycles. The standard InChI is InChI=1S/C16H14FN3S/c1-21-13-8-3-2-7-12(13)15-14(16(18)20-19-15)10-5-4-6-11(17)9-10/h2-9H,1H3,(H3,18,19,20). The second-order valence-electron chi connectivity index (χ2n) is 4.57. The Morgan fingerprint density at radius 1 is 1.14 bits per heavy atom. The number of H-pyrrole nitrogens is 1. The Kier molecular flexibility index (Phi) is 3.66. The van der Waals surface area contributed by atoms with Gasteiger partial charge in [-0.05, 0) is 30.0 Å². The van der Waals surface area contributed by atoms with E-state index in [0.717, 1.165) is 21.7 Å². The van der Waals surface area contributed by atoms with Crippen LogP contribution in [0.15, 0.2) is 53.4 Å². The SMILES string of the molecule is CSc1ccccc1-c1[nH]nc(N)c1-c1cccc(F)c1. The normalized spacial score (nSPS) is 10.8. The zero-order chi connectivity index (χ0) is 14.8. The van der Waals surface area contributed by atoms with Gasteiger partial charge in [0, 0.05) is 10.5 Å². The molecule has 0 aliphatic heterocycles. The van der Waals surface area contributed by atoms with Gasteiger partial charge in [0.1, 0.15) is 5.82 Å². The first-order chi connectivity index (χ1) is 10.2. The van der Waals surface area contributed by atoms with E-state index in [1.54, 1.807) is 17.8 Å². The highest BCUT2D eigenvalue weighted by Crippen LogP contribution is 2.38. The zero-order valence-corrected chi connectivity index (χ0v) is 12.2. The summed E-state index contributed by atoms with van der Waals surface area (Å²) in [5.41, 5.74) is 9.24. The van der Waals surface area contributed by atoms with Gasteiger partial charge in [-0.15, -0.1) is 11.8 Å². The largest absolute Gasteiger partial charge is 0.382 e. The third-order valence-corrected chi connectivity index (χ3v) is 4.08. The quantitative estimate of drug-likeness (QED) is 0.713. The van der Waals surface area contributed by atoms with E-state index in [-0.39, 0.29) is 5.82 Å². The van der Waals surface area contributed by atoms with E-state index in [9.17, 15) is 4.39 Å². The molecule has 3 rings (SSSR count). The molecule has 0 saturated carbocycles. The van der Waals surface area contributed by atoms with Crippen molar-refractivity contribution in [3.63, 3.8) is 0 Å². The second-order valence-corrected chi connectivity index (χ2v) is 5.42. The molecular formula is C16H14FN3S. The van der Waals surface area contributed by atoms with Crippen LogP contribution in [-0.4, -0.2) is 16.5 Å². The molecule has 0 aliphatic rings. The minimum Gasteiger partial charge on any atom is -0.382 e. The molecule has 1 aromatic heterocycles. The van der Waals surface area contributed by atoms with Crippen LogP contribution in [0.2, 0.25) is 0 Å². The van der Waals surface area contributed by atoms with Gasteiger partial charge < -0.3 is 5.73 Å². The highest BCUT2D eigenvalue weighted by atomic mass is 32.2. The van der Waals surface area contributed by atoms with Gasteiger partial charge in [0.2, 0.25) is 0 Å². The highest BCUT2D eigenvalue weighted by Gasteiger charge is 2.17. The zero-order valence-electron chi connectivity index (χ0n) is 11.4. The summed E-state index contributed by atoms with van der Waals surface area (Å²) >= 11 is 1.64.